The maximum atomic E-state index is 12.3. The van der Waals surface area contributed by atoms with Crippen LogP contribution >= 0.6 is 0 Å². The summed E-state index contributed by atoms with van der Waals surface area (Å²) in [5.41, 5.74) is 1.85. The SMILES string of the molecule is CC(C)(C)OC(=O)Nc1ccc(CC(=O)Cc2ccc3c(c2)OCO3)cc1. The number of rotatable bonds is 5. The molecule has 6 heteroatoms. The van der Waals surface area contributed by atoms with Gasteiger partial charge in [0, 0.05) is 18.5 Å². The van der Waals surface area contributed by atoms with Gasteiger partial charge < -0.3 is 14.2 Å². The topological polar surface area (TPSA) is 73.9 Å². The van der Waals surface area contributed by atoms with Crippen LogP contribution in [0.15, 0.2) is 42.5 Å². The van der Waals surface area contributed by atoms with Crippen LogP contribution in [0, 0.1) is 0 Å². The standard InChI is InChI=1S/C21H23NO5/c1-21(2,3)27-20(24)22-16-7-4-14(5-8-16)10-17(23)11-15-6-9-18-19(12-15)26-13-25-18/h4-9,12H,10-11,13H2,1-3H3,(H,22,24). The first kappa shape index (κ1) is 18.8. The molecule has 3 rings (SSSR count). The number of anilines is 1. The summed E-state index contributed by atoms with van der Waals surface area (Å²) in [6.07, 6.45) is 0.143. The lowest BCUT2D eigenvalue weighted by atomic mass is 10.0. The lowest BCUT2D eigenvalue weighted by Gasteiger charge is -2.19. The van der Waals surface area contributed by atoms with E-state index in [1.165, 1.54) is 0 Å². The summed E-state index contributed by atoms with van der Waals surface area (Å²) in [5, 5.41) is 2.67. The van der Waals surface area contributed by atoms with Crippen LogP contribution in [0.1, 0.15) is 31.9 Å². The number of ketones is 1. The van der Waals surface area contributed by atoms with Crippen LogP contribution in [0.3, 0.4) is 0 Å². The maximum absolute atomic E-state index is 12.3. The van der Waals surface area contributed by atoms with Crippen molar-refractivity contribution in [2.75, 3.05) is 12.1 Å². The fourth-order valence-corrected chi connectivity index (χ4v) is 2.70. The minimum absolute atomic E-state index is 0.0988. The maximum Gasteiger partial charge on any atom is 0.412 e. The van der Waals surface area contributed by atoms with E-state index >= 15 is 0 Å². The molecule has 0 bridgehead atoms. The van der Waals surface area contributed by atoms with Crippen LogP contribution in [-0.2, 0) is 22.4 Å². The summed E-state index contributed by atoms with van der Waals surface area (Å²) in [5.74, 6) is 1.49. The number of carbonyl (C=O) groups is 2. The number of hydrogen-bond acceptors (Lipinski definition) is 5. The number of benzene rings is 2. The average Bonchev–Trinajstić information content (AvgIpc) is 3.02. The van der Waals surface area contributed by atoms with Gasteiger partial charge in [0.05, 0.1) is 0 Å². The third kappa shape index (κ3) is 5.48. The van der Waals surface area contributed by atoms with Gasteiger partial charge in [0.1, 0.15) is 11.4 Å². The molecule has 1 heterocycles. The zero-order valence-electron chi connectivity index (χ0n) is 15.7. The van der Waals surface area contributed by atoms with Gasteiger partial charge in [0.15, 0.2) is 11.5 Å². The van der Waals surface area contributed by atoms with Gasteiger partial charge in [-0.1, -0.05) is 18.2 Å². The van der Waals surface area contributed by atoms with E-state index < -0.39 is 11.7 Å². The van der Waals surface area contributed by atoms with Gasteiger partial charge in [-0.15, -0.1) is 0 Å². The molecule has 2 aromatic rings. The molecule has 1 aliphatic rings. The number of ether oxygens (including phenoxy) is 3. The Balaban J connectivity index is 1.53. The van der Waals surface area contributed by atoms with E-state index in [2.05, 4.69) is 5.32 Å². The van der Waals surface area contributed by atoms with E-state index in [0.29, 0.717) is 30.0 Å². The van der Waals surface area contributed by atoms with Crippen molar-refractivity contribution in [2.45, 2.75) is 39.2 Å². The van der Waals surface area contributed by atoms with Crippen LogP contribution in [-0.4, -0.2) is 24.3 Å². The Morgan fingerprint density at radius 3 is 2.30 bits per heavy atom. The second-order valence-corrected chi connectivity index (χ2v) is 7.40. The summed E-state index contributed by atoms with van der Waals surface area (Å²) < 4.78 is 15.8. The third-order valence-corrected chi connectivity index (χ3v) is 3.84. The van der Waals surface area contributed by atoms with Crippen molar-refractivity contribution in [3.8, 4) is 11.5 Å². The van der Waals surface area contributed by atoms with E-state index in [0.717, 1.165) is 11.1 Å². The first-order valence-corrected chi connectivity index (χ1v) is 8.78. The summed E-state index contributed by atoms with van der Waals surface area (Å²) in [6, 6.07) is 12.7. The predicted octanol–water partition coefficient (Wildman–Crippen LogP) is 4.12. The second-order valence-electron chi connectivity index (χ2n) is 7.40. The van der Waals surface area contributed by atoms with Crippen molar-refractivity contribution in [1.29, 1.82) is 0 Å². The van der Waals surface area contributed by atoms with E-state index in [1.807, 2.05) is 30.3 Å². The minimum Gasteiger partial charge on any atom is -0.454 e. The molecular formula is C21H23NO5. The van der Waals surface area contributed by atoms with E-state index in [9.17, 15) is 9.59 Å². The smallest absolute Gasteiger partial charge is 0.412 e. The zero-order valence-corrected chi connectivity index (χ0v) is 15.7. The molecule has 142 valence electrons. The van der Waals surface area contributed by atoms with Gasteiger partial charge in [0.25, 0.3) is 0 Å². The molecule has 1 N–H and O–H groups in total. The van der Waals surface area contributed by atoms with Crippen LogP contribution < -0.4 is 14.8 Å². The van der Waals surface area contributed by atoms with Crippen LogP contribution in [0.4, 0.5) is 10.5 Å². The van der Waals surface area contributed by atoms with Gasteiger partial charge >= 0.3 is 6.09 Å². The van der Waals surface area contributed by atoms with Crippen LogP contribution in [0.5, 0.6) is 11.5 Å². The molecule has 1 amide bonds. The highest BCUT2D eigenvalue weighted by Gasteiger charge is 2.17. The molecule has 0 radical (unpaired) electrons. The molecule has 0 unspecified atom stereocenters. The first-order valence-electron chi connectivity index (χ1n) is 8.78. The summed E-state index contributed by atoms with van der Waals surface area (Å²) in [4.78, 5) is 24.1. The molecule has 0 aromatic heterocycles. The summed E-state index contributed by atoms with van der Waals surface area (Å²) in [6.45, 7) is 5.64. The Morgan fingerprint density at radius 1 is 0.963 bits per heavy atom. The summed E-state index contributed by atoms with van der Waals surface area (Å²) >= 11 is 0. The molecule has 0 aliphatic carbocycles. The van der Waals surface area contributed by atoms with Crippen molar-refractivity contribution in [2.24, 2.45) is 0 Å². The van der Waals surface area contributed by atoms with Gasteiger partial charge in [-0.3, -0.25) is 10.1 Å². The first-order chi connectivity index (χ1) is 12.8. The monoisotopic (exact) mass is 369 g/mol. The lowest BCUT2D eigenvalue weighted by molar-refractivity contribution is -0.117. The van der Waals surface area contributed by atoms with Crippen molar-refractivity contribution >= 4 is 17.6 Å². The molecule has 27 heavy (non-hydrogen) atoms. The minimum atomic E-state index is -0.550. The third-order valence-electron chi connectivity index (χ3n) is 3.84. The highest BCUT2D eigenvalue weighted by Crippen LogP contribution is 2.32. The summed E-state index contributed by atoms with van der Waals surface area (Å²) in [7, 11) is 0. The normalized spacial score (nSPS) is 12.6. The zero-order chi connectivity index (χ0) is 19.4. The Hall–Kier alpha value is -3.02. The number of carbonyl (C=O) groups excluding carboxylic acids is 2. The van der Waals surface area contributed by atoms with Gasteiger partial charge in [-0.05, 0) is 56.2 Å². The largest absolute Gasteiger partial charge is 0.454 e. The van der Waals surface area contributed by atoms with Crippen molar-refractivity contribution in [1.82, 2.24) is 0 Å². The molecule has 2 aromatic carbocycles. The number of nitrogens with one attached hydrogen (secondary N) is 1. The van der Waals surface area contributed by atoms with Crippen LogP contribution in [0.2, 0.25) is 0 Å². The highest BCUT2D eigenvalue weighted by molar-refractivity contribution is 5.85. The molecule has 0 fully saturated rings. The Labute approximate surface area is 158 Å². The number of amides is 1. The molecule has 0 saturated heterocycles. The van der Waals surface area contributed by atoms with Crippen molar-refractivity contribution in [3.05, 3.63) is 53.6 Å². The van der Waals surface area contributed by atoms with E-state index in [4.69, 9.17) is 14.2 Å². The molecule has 1 aliphatic heterocycles. The van der Waals surface area contributed by atoms with Crippen LogP contribution in [0.25, 0.3) is 0 Å². The number of Topliss-reactive ketones (excluding diaryl/α,β-unsaturated/α-hetero) is 1. The van der Waals surface area contributed by atoms with Gasteiger partial charge in [-0.25, -0.2) is 4.79 Å². The van der Waals surface area contributed by atoms with E-state index in [1.54, 1.807) is 32.9 Å². The highest BCUT2D eigenvalue weighted by atomic mass is 16.7. The van der Waals surface area contributed by atoms with Crippen molar-refractivity contribution in [3.63, 3.8) is 0 Å². The second kappa shape index (κ2) is 7.70. The Morgan fingerprint density at radius 2 is 1.59 bits per heavy atom. The quantitative estimate of drug-likeness (QED) is 0.858. The van der Waals surface area contributed by atoms with Gasteiger partial charge in [0.2, 0.25) is 6.79 Å². The molecular weight excluding hydrogens is 346 g/mol. The van der Waals surface area contributed by atoms with E-state index in [-0.39, 0.29) is 12.6 Å². The molecule has 0 saturated carbocycles. The number of hydrogen-bond donors (Lipinski definition) is 1. The molecule has 0 spiro atoms. The fourth-order valence-electron chi connectivity index (χ4n) is 2.70. The molecule has 6 nitrogen and oxygen atoms in total. The Kier molecular flexibility index (Phi) is 5.35. The molecule has 0 atom stereocenters. The number of fused-ring (bicyclic) bond motifs is 1. The predicted molar refractivity (Wildman–Crippen MR) is 101 cm³/mol. The fraction of sp³-hybridized carbons (Fsp3) is 0.333. The van der Waals surface area contributed by atoms with Gasteiger partial charge in [-0.2, -0.15) is 0 Å². The van der Waals surface area contributed by atoms with Crippen molar-refractivity contribution < 1.29 is 23.8 Å². The Bertz CT molecular complexity index is 837. The average molecular weight is 369 g/mol. The lowest BCUT2D eigenvalue weighted by Crippen LogP contribution is -2.27.